The molecule has 6 nitrogen and oxygen atoms in total. The molecule has 1 aromatic heterocycles. The van der Waals surface area contributed by atoms with E-state index in [0.717, 1.165) is 58.6 Å². The van der Waals surface area contributed by atoms with Crippen LogP contribution in [-0.2, 0) is 33.6 Å². The van der Waals surface area contributed by atoms with Gasteiger partial charge in [-0.15, -0.1) is 23.1 Å². The van der Waals surface area contributed by atoms with Gasteiger partial charge < -0.3 is 15.4 Å². The fraction of sp³-hybridized carbons (Fsp3) is 0.286. The molecular formula is C35H35ClN2O4S2. The number of anilines is 2. The zero-order valence-corrected chi connectivity index (χ0v) is 27.0. The fourth-order valence-corrected chi connectivity index (χ4v) is 7.77. The van der Waals surface area contributed by atoms with Crippen molar-refractivity contribution in [2.24, 2.45) is 0 Å². The largest absolute Gasteiger partial charge is 0.462 e. The van der Waals surface area contributed by atoms with E-state index in [1.807, 2.05) is 66.7 Å². The first-order valence-corrected chi connectivity index (χ1v) is 17.0. The number of amides is 2. The molecule has 0 radical (unpaired) electrons. The number of thioether (sulfide) groups is 1. The SMILES string of the molecule is CCOC(=O)c1c(NC(=O)C(Sc2cccc(NC(=O)Cc3ccc(Cl)cc3)c2)c2ccccc2)sc2c1CCCCCC2. The van der Waals surface area contributed by atoms with E-state index in [0.29, 0.717) is 21.3 Å². The molecule has 1 aliphatic carbocycles. The Morgan fingerprint density at radius 1 is 0.909 bits per heavy atom. The van der Waals surface area contributed by atoms with Crippen LogP contribution in [0.1, 0.15) is 69.8 Å². The van der Waals surface area contributed by atoms with Crippen LogP contribution in [-0.4, -0.2) is 24.4 Å². The number of halogens is 1. The summed E-state index contributed by atoms with van der Waals surface area (Å²) in [6, 6.07) is 24.2. The molecule has 228 valence electrons. The van der Waals surface area contributed by atoms with E-state index in [-0.39, 0.29) is 30.8 Å². The van der Waals surface area contributed by atoms with Gasteiger partial charge in [0.05, 0.1) is 18.6 Å². The standard InChI is InChI=1S/C35H35ClN2O4S2/c1-2-42-35(41)31-28-15-8-3-4-9-16-29(28)44-34(31)38-33(40)32(24-11-6-5-7-12-24)43-27-14-10-13-26(22-27)37-30(39)21-23-17-19-25(36)20-18-23/h5-7,10-14,17-20,22,32H,2-4,8-9,15-16,21H2,1H3,(H,37,39)(H,38,40). The molecule has 3 aromatic carbocycles. The second-order valence-corrected chi connectivity index (χ2v) is 13.3. The molecule has 1 heterocycles. The zero-order valence-electron chi connectivity index (χ0n) is 24.6. The first kappa shape index (κ1) is 31.8. The molecule has 44 heavy (non-hydrogen) atoms. The fourth-order valence-electron chi connectivity index (χ4n) is 5.28. The number of rotatable bonds is 10. The summed E-state index contributed by atoms with van der Waals surface area (Å²) in [5.41, 5.74) is 3.87. The number of benzene rings is 3. The Hall–Kier alpha value is -3.59. The van der Waals surface area contributed by atoms with Gasteiger partial charge in [-0.2, -0.15) is 0 Å². The lowest BCUT2D eigenvalue weighted by Crippen LogP contribution is -2.20. The second-order valence-electron chi connectivity index (χ2n) is 10.6. The lowest BCUT2D eigenvalue weighted by Gasteiger charge is -2.18. The van der Waals surface area contributed by atoms with Gasteiger partial charge >= 0.3 is 5.97 Å². The van der Waals surface area contributed by atoms with Crippen molar-refractivity contribution in [2.45, 2.75) is 62.0 Å². The van der Waals surface area contributed by atoms with Gasteiger partial charge in [-0.05, 0) is 79.6 Å². The van der Waals surface area contributed by atoms with Crippen LogP contribution in [0, 0.1) is 0 Å². The summed E-state index contributed by atoms with van der Waals surface area (Å²) in [5, 5.41) is 6.67. The molecule has 0 saturated heterocycles. The quantitative estimate of drug-likeness (QED) is 0.133. The Kier molecular flexibility index (Phi) is 11.2. The first-order valence-electron chi connectivity index (χ1n) is 14.9. The van der Waals surface area contributed by atoms with Crippen LogP contribution in [0.5, 0.6) is 0 Å². The molecule has 0 saturated carbocycles. The van der Waals surface area contributed by atoms with E-state index < -0.39 is 5.25 Å². The van der Waals surface area contributed by atoms with Crippen LogP contribution in [0.3, 0.4) is 0 Å². The summed E-state index contributed by atoms with van der Waals surface area (Å²) in [6.45, 7) is 2.06. The van der Waals surface area contributed by atoms with E-state index in [1.165, 1.54) is 29.5 Å². The summed E-state index contributed by atoms with van der Waals surface area (Å²) in [7, 11) is 0. The minimum atomic E-state index is -0.601. The van der Waals surface area contributed by atoms with Crippen molar-refractivity contribution < 1.29 is 19.1 Å². The zero-order chi connectivity index (χ0) is 30.9. The number of fused-ring (bicyclic) bond motifs is 1. The lowest BCUT2D eigenvalue weighted by molar-refractivity contribution is -0.116. The van der Waals surface area contributed by atoms with Crippen LogP contribution in [0.4, 0.5) is 10.7 Å². The van der Waals surface area contributed by atoms with Gasteiger partial charge in [0.2, 0.25) is 11.8 Å². The molecular weight excluding hydrogens is 612 g/mol. The van der Waals surface area contributed by atoms with Crippen LogP contribution in [0.25, 0.3) is 0 Å². The Balaban J connectivity index is 1.37. The summed E-state index contributed by atoms with van der Waals surface area (Å²) in [6.07, 6.45) is 6.31. The van der Waals surface area contributed by atoms with Crippen LogP contribution in [0.2, 0.25) is 5.02 Å². The third kappa shape index (κ3) is 8.31. The van der Waals surface area contributed by atoms with Crippen LogP contribution < -0.4 is 10.6 Å². The number of thiophene rings is 1. The van der Waals surface area contributed by atoms with E-state index in [1.54, 1.807) is 19.1 Å². The van der Waals surface area contributed by atoms with Crippen molar-refractivity contribution in [1.82, 2.24) is 0 Å². The number of esters is 1. The molecule has 1 unspecified atom stereocenters. The van der Waals surface area contributed by atoms with Gasteiger partial charge in [0.1, 0.15) is 10.3 Å². The van der Waals surface area contributed by atoms with Gasteiger partial charge in [-0.25, -0.2) is 4.79 Å². The molecule has 4 aromatic rings. The molecule has 2 amide bonds. The van der Waals surface area contributed by atoms with Crippen molar-refractivity contribution >= 4 is 63.2 Å². The summed E-state index contributed by atoms with van der Waals surface area (Å²) in [5.74, 6) is -0.753. The molecule has 0 aliphatic heterocycles. The number of hydrogen-bond donors (Lipinski definition) is 2. The molecule has 5 rings (SSSR count). The highest BCUT2D eigenvalue weighted by molar-refractivity contribution is 8.00. The van der Waals surface area contributed by atoms with E-state index in [2.05, 4.69) is 10.6 Å². The summed E-state index contributed by atoms with van der Waals surface area (Å²) < 4.78 is 5.45. The number of nitrogens with one attached hydrogen (secondary N) is 2. The molecule has 9 heteroatoms. The first-order chi connectivity index (χ1) is 21.4. The van der Waals surface area contributed by atoms with Crippen molar-refractivity contribution in [2.75, 3.05) is 17.2 Å². The average Bonchev–Trinajstić information content (AvgIpc) is 3.33. The maximum Gasteiger partial charge on any atom is 0.341 e. The minimum Gasteiger partial charge on any atom is -0.462 e. The van der Waals surface area contributed by atoms with Gasteiger partial charge in [0.15, 0.2) is 0 Å². The smallest absolute Gasteiger partial charge is 0.341 e. The molecule has 2 N–H and O–H groups in total. The number of aryl methyl sites for hydroxylation is 1. The van der Waals surface area contributed by atoms with Crippen molar-refractivity contribution in [3.8, 4) is 0 Å². The summed E-state index contributed by atoms with van der Waals surface area (Å²) in [4.78, 5) is 41.9. The number of carbonyl (C=O) groups is 3. The third-order valence-corrected chi connectivity index (χ3v) is 10.1. The Bertz CT molecular complexity index is 1600. The normalized spacial score (nSPS) is 13.6. The number of ether oxygens (including phenoxy) is 1. The predicted octanol–water partition coefficient (Wildman–Crippen LogP) is 8.89. The van der Waals surface area contributed by atoms with E-state index in [9.17, 15) is 14.4 Å². The van der Waals surface area contributed by atoms with Crippen molar-refractivity contribution in [1.29, 1.82) is 0 Å². The van der Waals surface area contributed by atoms with Crippen LogP contribution in [0.15, 0.2) is 83.8 Å². The highest BCUT2D eigenvalue weighted by Crippen LogP contribution is 2.41. The van der Waals surface area contributed by atoms with E-state index >= 15 is 0 Å². The average molecular weight is 647 g/mol. The molecule has 0 bridgehead atoms. The molecule has 1 atom stereocenters. The molecule has 1 aliphatic rings. The second kappa shape index (κ2) is 15.4. The summed E-state index contributed by atoms with van der Waals surface area (Å²) >= 11 is 8.86. The van der Waals surface area contributed by atoms with Crippen LogP contribution >= 0.6 is 34.7 Å². The van der Waals surface area contributed by atoms with Gasteiger partial charge in [-0.3, -0.25) is 9.59 Å². The minimum absolute atomic E-state index is 0.147. The topological polar surface area (TPSA) is 84.5 Å². The number of hydrogen-bond acceptors (Lipinski definition) is 6. The maximum absolute atomic E-state index is 14.0. The lowest BCUT2D eigenvalue weighted by atomic mass is 9.96. The monoisotopic (exact) mass is 646 g/mol. The number of carbonyl (C=O) groups excluding carboxylic acids is 3. The third-order valence-electron chi connectivity index (χ3n) is 7.38. The van der Waals surface area contributed by atoms with Gasteiger partial charge in [0, 0.05) is 20.5 Å². The highest BCUT2D eigenvalue weighted by atomic mass is 35.5. The maximum atomic E-state index is 14.0. The van der Waals surface area contributed by atoms with Crippen molar-refractivity contribution in [3.63, 3.8) is 0 Å². The molecule has 0 spiro atoms. The van der Waals surface area contributed by atoms with E-state index in [4.69, 9.17) is 16.3 Å². The van der Waals surface area contributed by atoms with Gasteiger partial charge in [0.25, 0.3) is 0 Å². The Morgan fingerprint density at radius 3 is 2.41 bits per heavy atom. The predicted molar refractivity (Wildman–Crippen MR) is 180 cm³/mol. The highest BCUT2D eigenvalue weighted by Gasteiger charge is 2.29. The van der Waals surface area contributed by atoms with Gasteiger partial charge in [-0.1, -0.05) is 73.0 Å². The Morgan fingerprint density at radius 2 is 1.66 bits per heavy atom. The Labute approximate surface area is 271 Å². The van der Waals surface area contributed by atoms with Crippen molar-refractivity contribution in [3.05, 3.63) is 111 Å². The molecule has 0 fully saturated rings.